The van der Waals surface area contributed by atoms with Crippen molar-refractivity contribution in [3.05, 3.63) is 60.0 Å². The molecule has 3 aromatic rings. The van der Waals surface area contributed by atoms with E-state index in [1.807, 2.05) is 35.0 Å². The largest absolute Gasteiger partial charge is 0.505 e. The van der Waals surface area contributed by atoms with E-state index in [1.165, 1.54) is 6.07 Å². The Morgan fingerprint density at radius 1 is 1.08 bits per heavy atom. The molecule has 192 valence electrons. The van der Waals surface area contributed by atoms with Crippen molar-refractivity contribution in [1.29, 1.82) is 0 Å². The van der Waals surface area contributed by atoms with Gasteiger partial charge in [-0.05, 0) is 43.6 Å². The van der Waals surface area contributed by atoms with Gasteiger partial charge >= 0.3 is 5.97 Å². The van der Waals surface area contributed by atoms with Crippen molar-refractivity contribution in [2.45, 2.75) is 38.6 Å². The third-order valence-corrected chi connectivity index (χ3v) is 6.87. The zero-order valence-electron chi connectivity index (χ0n) is 20.5. The second-order valence-corrected chi connectivity index (χ2v) is 9.40. The van der Waals surface area contributed by atoms with Crippen LogP contribution >= 0.6 is 0 Å². The molecule has 0 bridgehead atoms. The minimum absolute atomic E-state index is 0.257. The molecule has 4 rings (SSSR count). The number of carboxylic acids is 1. The maximum Gasteiger partial charge on any atom is 0.329 e. The van der Waals surface area contributed by atoms with Gasteiger partial charge in [0, 0.05) is 42.5 Å². The van der Waals surface area contributed by atoms with Crippen LogP contribution in [0.1, 0.15) is 31.4 Å². The van der Waals surface area contributed by atoms with Crippen molar-refractivity contribution in [3.8, 4) is 28.1 Å². The molecule has 0 amide bonds. The van der Waals surface area contributed by atoms with Gasteiger partial charge in [-0.15, -0.1) is 0 Å². The van der Waals surface area contributed by atoms with Gasteiger partial charge < -0.3 is 19.7 Å². The quantitative estimate of drug-likeness (QED) is 0.381. The monoisotopic (exact) mass is 496 g/mol. The molecule has 0 radical (unpaired) electrons. The highest BCUT2D eigenvalue weighted by molar-refractivity contribution is 5.83. The molecule has 1 fully saturated rings. The van der Waals surface area contributed by atoms with E-state index in [0.29, 0.717) is 54.8 Å². The van der Waals surface area contributed by atoms with Crippen molar-refractivity contribution < 1.29 is 28.9 Å². The van der Waals surface area contributed by atoms with E-state index in [0.717, 1.165) is 36.9 Å². The molecule has 1 aliphatic carbocycles. The average molecular weight is 497 g/mol. The van der Waals surface area contributed by atoms with Crippen molar-refractivity contribution in [1.82, 2.24) is 9.78 Å². The van der Waals surface area contributed by atoms with Gasteiger partial charge in [0.2, 0.25) is 0 Å². The lowest BCUT2D eigenvalue weighted by Gasteiger charge is -2.28. The molecule has 1 saturated carbocycles. The van der Waals surface area contributed by atoms with Gasteiger partial charge in [-0.1, -0.05) is 42.5 Å². The summed E-state index contributed by atoms with van der Waals surface area (Å²) in [5, 5.41) is 23.9. The number of halogens is 1. The van der Waals surface area contributed by atoms with Gasteiger partial charge in [0.15, 0.2) is 11.6 Å². The molecular weight excluding hydrogens is 463 g/mol. The van der Waals surface area contributed by atoms with Gasteiger partial charge in [0.05, 0.1) is 13.2 Å². The topological polar surface area (TPSA) is 93.8 Å². The number of methoxy groups -OCH3 is 1. The molecule has 1 heterocycles. The fraction of sp³-hybridized carbons (Fsp3) is 0.429. The number of carboxylic acid groups (broad SMARTS) is 1. The number of hydrogen-bond donors (Lipinski definition) is 2. The van der Waals surface area contributed by atoms with Crippen molar-refractivity contribution >= 4 is 5.97 Å². The van der Waals surface area contributed by atoms with Crippen LogP contribution in [0.3, 0.4) is 0 Å². The summed E-state index contributed by atoms with van der Waals surface area (Å²) < 4.78 is 27.9. The summed E-state index contributed by atoms with van der Waals surface area (Å²) in [4.78, 5) is 10.7. The van der Waals surface area contributed by atoms with Crippen molar-refractivity contribution in [2.75, 3.05) is 26.9 Å². The average Bonchev–Trinajstić information content (AvgIpc) is 3.23. The molecule has 0 saturated heterocycles. The predicted octanol–water partition coefficient (Wildman–Crippen LogP) is 5.16. The number of nitrogens with zero attached hydrogens (tertiary/aromatic N) is 2. The SMILES string of the molecule is COCCc1c(-c2cccc(O)c2F)c(-c2ccccc2)nn1CC1CCC(COCC(=O)O)CC1. The fourth-order valence-corrected chi connectivity index (χ4v) is 5.03. The number of rotatable bonds is 11. The second kappa shape index (κ2) is 12.1. The Kier molecular flexibility index (Phi) is 8.72. The minimum atomic E-state index is -0.945. The molecule has 0 unspecified atom stereocenters. The van der Waals surface area contributed by atoms with Gasteiger partial charge in [-0.25, -0.2) is 9.18 Å². The standard InChI is InChI=1S/C28H33FN2O5/c1-35-15-14-23-26(22-8-5-9-24(32)27(22)29)28(21-6-3-2-4-7-21)30-31(23)16-19-10-12-20(13-11-19)17-36-18-25(33)34/h2-9,19-20,32H,10-18H2,1H3,(H,33,34). The molecule has 8 heteroatoms. The maximum atomic E-state index is 15.2. The minimum Gasteiger partial charge on any atom is -0.505 e. The van der Waals surface area contributed by atoms with Crippen LogP contribution in [-0.2, 0) is 27.2 Å². The summed E-state index contributed by atoms with van der Waals surface area (Å²) in [5.74, 6) is -1.23. The number of hydrogen-bond acceptors (Lipinski definition) is 5. The Balaban J connectivity index is 1.64. The predicted molar refractivity (Wildman–Crippen MR) is 134 cm³/mol. The smallest absolute Gasteiger partial charge is 0.329 e. The van der Waals surface area contributed by atoms with Gasteiger partial charge in [-0.3, -0.25) is 4.68 Å². The Labute approximate surface area is 210 Å². The second-order valence-electron chi connectivity index (χ2n) is 9.40. The number of phenols is 1. The first-order valence-corrected chi connectivity index (χ1v) is 12.4. The molecule has 0 spiro atoms. The lowest BCUT2D eigenvalue weighted by atomic mass is 9.82. The highest BCUT2D eigenvalue weighted by atomic mass is 19.1. The number of ether oxygens (including phenoxy) is 2. The van der Waals surface area contributed by atoms with Crippen LogP contribution in [0.2, 0.25) is 0 Å². The van der Waals surface area contributed by atoms with Crippen molar-refractivity contribution in [2.24, 2.45) is 11.8 Å². The lowest BCUT2D eigenvalue weighted by molar-refractivity contribution is -0.142. The van der Waals surface area contributed by atoms with Gasteiger partial charge in [-0.2, -0.15) is 5.10 Å². The summed E-state index contributed by atoms with van der Waals surface area (Å²) in [5.41, 5.74) is 3.45. The number of aromatic hydroxyl groups is 1. The first-order chi connectivity index (χ1) is 17.5. The summed E-state index contributed by atoms with van der Waals surface area (Å²) >= 11 is 0. The van der Waals surface area contributed by atoms with E-state index < -0.39 is 11.8 Å². The highest BCUT2D eigenvalue weighted by Crippen LogP contribution is 2.39. The molecule has 0 atom stereocenters. The number of carbonyl (C=O) groups is 1. The van der Waals surface area contributed by atoms with Crippen LogP contribution in [0.25, 0.3) is 22.4 Å². The molecule has 7 nitrogen and oxygen atoms in total. The zero-order valence-corrected chi connectivity index (χ0v) is 20.5. The molecule has 36 heavy (non-hydrogen) atoms. The van der Waals surface area contributed by atoms with Crippen LogP contribution < -0.4 is 0 Å². The van der Waals surface area contributed by atoms with E-state index >= 15 is 4.39 Å². The van der Waals surface area contributed by atoms with E-state index in [-0.39, 0.29) is 12.4 Å². The molecule has 2 N–H and O–H groups in total. The lowest BCUT2D eigenvalue weighted by Crippen LogP contribution is -2.24. The van der Waals surface area contributed by atoms with E-state index in [9.17, 15) is 9.90 Å². The normalized spacial score (nSPS) is 17.8. The van der Waals surface area contributed by atoms with Gasteiger partial charge in [0.25, 0.3) is 0 Å². The van der Waals surface area contributed by atoms with E-state index in [1.54, 1.807) is 19.2 Å². The third-order valence-electron chi connectivity index (χ3n) is 6.87. The number of aliphatic carboxylic acids is 1. The number of aromatic nitrogens is 2. The Bertz CT molecular complexity index is 1160. The van der Waals surface area contributed by atoms with Crippen molar-refractivity contribution in [3.63, 3.8) is 0 Å². The van der Waals surface area contributed by atoms with Crippen LogP contribution in [0, 0.1) is 17.7 Å². The summed E-state index contributed by atoms with van der Waals surface area (Å²) in [6, 6.07) is 14.4. The first kappa shape index (κ1) is 25.9. The van der Waals surface area contributed by atoms with Crippen LogP contribution in [-0.4, -0.2) is 52.9 Å². The summed E-state index contributed by atoms with van der Waals surface area (Å²) in [6.07, 6.45) is 4.47. The molecule has 1 aromatic heterocycles. The Morgan fingerprint density at radius 2 is 1.81 bits per heavy atom. The molecule has 1 aliphatic rings. The van der Waals surface area contributed by atoms with Gasteiger partial charge in [0.1, 0.15) is 12.3 Å². The highest BCUT2D eigenvalue weighted by Gasteiger charge is 2.27. The number of benzene rings is 2. The van der Waals surface area contributed by atoms with Crippen LogP contribution in [0.4, 0.5) is 4.39 Å². The zero-order chi connectivity index (χ0) is 25.5. The first-order valence-electron chi connectivity index (χ1n) is 12.4. The van der Waals surface area contributed by atoms with Crippen LogP contribution in [0.5, 0.6) is 5.75 Å². The molecule has 2 aromatic carbocycles. The van der Waals surface area contributed by atoms with E-state index in [2.05, 4.69) is 0 Å². The summed E-state index contributed by atoms with van der Waals surface area (Å²) in [6.45, 7) is 1.37. The third kappa shape index (κ3) is 6.12. The van der Waals surface area contributed by atoms with Crippen LogP contribution in [0.15, 0.2) is 48.5 Å². The molecular formula is C28H33FN2O5. The Hall–Kier alpha value is -3.23. The molecule has 0 aliphatic heterocycles. The Morgan fingerprint density at radius 3 is 2.50 bits per heavy atom. The maximum absolute atomic E-state index is 15.2. The number of phenolic OH excluding ortho intramolecular Hbond substituents is 1. The summed E-state index contributed by atoms with van der Waals surface area (Å²) in [7, 11) is 1.64. The van der Waals surface area contributed by atoms with E-state index in [4.69, 9.17) is 19.7 Å². The fourth-order valence-electron chi connectivity index (χ4n) is 5.03.